The highest BCUT2D eigenvalue weighted by atomic mass is 32.1. The Balaban J connectivity index is 1.53. The molecule has 3 aromatic heterocycles. The molecule has 10 heteroatoms. The lowest BCUT2D eigenvalue weighted by molar-refractivity contribution is -0.126. The van der Waals surface area contributed by atoms with Crippen LogP contribution in [0.5, 0.6) is 0 Å². The number of likely N-dealkylation sites (tertiary alicyclic amines) is 1. The molecule has 4 rings (SSSR count). The molecule has 29 heavy (non-hydrogen) atoms. The number of hydrogen-bond donors (Lipinski definition) is 1. The van der Waals surface area contributed by atoms with Crippen LogP contribution in [0.4, 0.5) is 10.9 Å². The summed E-state index contributed by atoms with van der Waals surface area (Å²) in [4.78, 5) is 28.1. The molecule has 0 bridgehead atoms. The number of carbonyl (C=O) groups excluding carboxylic acids is 1. The first-order valence-corrected chi connectivity index (χ1v) is 11.0. The van der Waals surface area contributed by atoms with Gasteiger partial charge in [-0.05, 0) is 39.7 Å². The van der Waals surface area contributed by atoms with Crippen molar-refractivity contribution < 1.29 is 4.79 Å². The fourth-order valence-corrected chi connectivity index (χ4v) is 4.51. The number of aromatic nitrogens is 5. The van der Waals surface area contributed by atoms with Gasteiger partial charge in [0.15, 0.2) is 0 Å². The van der Waals surface area contributed by atoms with Crippen molar-refractivity contribution in [1.29, 1.82) is 0 Å². The third-order valence-corrected chi connectivity index (χ3v) is 6.08. The second-order valence-corrected chi connectivity index (χ2v) is 9.03. The first-order chi connectivity index (χ1) is 14.0. The number of rotatable bonds is 5. The standard InChI is InChI=1S/C19H21N7OS2/c1-11-20-15(9-17(21-11)23-19-25-24-13(3)29-19)16-5-4-8-26(16)18(27)7-6-14-10-28-12(2)22-14/h6-7,9-10,16H,4-5,8H2,1-3H3,(H,20,21,23,25)/b7-6+. The van der Waals surface area contributed by atoms with Crippen molar-refractivity contribution in [3.05, 3.63) is 44.7 Å². The maximum absolute atomic E-state index is 12.8. The summed E-state index contributed by atoms with van der Waals surface area (Å²) in [6.07, 6.45) is 5.20. The lowest BCUT2D eigenvalue weighted by Gasteiger charge is -2.23. The zero-order valence-corrected chi connectivity index (χ0v) is 18.0. The van der Waals surface area contributed by atoms with Gasteiger partial charge in [0, 0.05) is 24.1 Å². The first-order valence-electron chi connectivity index (χ1n) is 9.31. The number of carbonyl (C=O) groups is 1. The lowest BCUT2D eigenvalue weighted by Crippen LogP contribution is -2.29. The Labute approximate surface area is 176 Å². The topological polar surface area (TPSA) is 96.8 Å². The molecular weight excluding hydrogens is 406 g/mol. The van der Waals surface area contributed by atoms with Crippen LogP contribution in [-0.4, -0.2) is 42.5 Å². The molecule has 0 saturated carbocycles. The number of amides is 1. The maximum Gasteiger partial charge on any atom is 0.247 e. The molecule has 3 aromatic rings. The van der Waals surface area contributed by atoms with E-state index < -0.39 is 0 Å². The van der Waals surface area contributed by atoms with Crippen molar-refractivity contribution in [2.24, 2.45) is 0 Å². The molecule has 1 fully saturated rings. The third-order valence-electron chi connectivity index (χ3n) is 4.53. The van der Waals surface area contributed by atoms with Crippen LogP contribution in [0.3, 0.4) is 0 Å². The zero-order valence-electron chi connectivity index (χ0n) is 16.4. The summed E-state index contributed by atoms with van der Waals surface area (Å²) in [6, 6.07) is 1.83. The van der Waals surface area contributed by atoms with Gasteiger partial charge in [-0.2, -0.15) is 0 Å². The van der Waals surface area contributed by atoms with Gasteiger partial charge in [-0.25, -0.2) is 15.0 Å². The molecule has 1 aliphatic rings. The Morgan fingerprint density at radius 1 is 1.21 bits per heavy atom. The number of aryl methyl sites for hydroxylation is 3. The smallest absolute Gasteiger partial charge is 0.247 e. The summed E-state index contributed by atoms with van der Waals surface area (Å²) < 4.78 is 0. The van der Waals surface area contributed by atoms with Crippen molar-refractivity contribution in [2.45, 2.75) is 39.7 Å². The monoisotopic (exact) mass is 427 g/mol. The fraction of sp³-hybridized carbons (Fsp3) is 0.368. The third kappa shape index (κ3) is 4.65. The number of nitrogens with one attached hydrogen (secondary N) is 1. The summed E-state index contributed by atoms with van der Waals surface area (Å²) in [5.74, 6) is 1.29. The van der Waals surface area contributed by atoms with E-state index in [1.807, 2.05) is 37.1 Å². The van der Waals surface area contributed by atoms with E-state index in [1.54, 1.807) is 23.5 Å². The Morgan fingerprint density at radius 2 is 2.07 bits per heavy atom. The molecule has 150 valence electrons. The summed E-state index contributed by atoms with van der Waals surface area (Å²) >= 11 is 3.04. The molecule has 1 atom stereocenters. The quantitative estimate of drug-likeness (QED) is 0.618. The highest BCUT2D eigenvalue weighted by Gasteiger charge is 2.30. The summed E-state index contributed by atoms with van der Waals surface area (Å²) in [6.45, 7) is 6.42. The predicted octanol–water partition coefficient (Wildman–Crippen LogP) is 3.83. The van der Waals surface area contributed by atoms with E-state index in [4.69, 9.17) is 0 Å². The molecule has 1 aliphatic heterocycles. The Morgan fingerprint density at radius 3 is 2.79 bits per heavy atom. The molecule has 0 radical (unpaired) electrons. The average Bonchev–Trinajstić information content (AvgIpc) is 3.41. The highest BCUT2D eigenvalue weighted by Crippen LogP contribution is 2.32. The molecule has 0 aromatic carbocycles. The molecule has 0 spiro atoms. The van der Waals surface area contributed by atoms with E-state index in [0.29, 0.717) is 23.3 Å². The summed E-state index contributed by atoms with van der Waals surface area (Å²) in [5, 5.41) is 15.8. The average molecular weight is 428 g/mol. The Kier molecular flexibility index (Phi) is 5.63. The Hall–Kier alpha value is -2.72. The van der Waals surface area contributed by atoms with Gasteiger partial charge in [0.1, 0.15) is 16.6 Å². The van der Waals surface area contributed by atoms with Crippen LogP contribution in [0.25, 0.3) is 6.08 Å². The highest BCUT2D eigenvalue weighted by molar-refractivity contribution is 7.15. The Bertz CT molecular complexity index is 1060. The number of nitrogens with zero attached hydrogens (tertiary/aromatic N) is 6. The molecule has 1 saturated heterocycles. The normalized spacial score (nSPS) is 16.7. The van der Waals surface area contributed by atoms with E-state index in [1.165, 1.54) is 11.3 Å². The van der Waals surface area contributed by atoms with Gasteiger partial charge < -0.3 is 10.2 Å². The maximum atomic E-state index is 12.8. The SMILES string of the molecule is Cc1nc(Nc2nnc(C)s2)cc(C2CCCN2C(=O)/C=C/c2csc(C)n2)n1. The van der Waals surface area contributed by atoms with Crippen LogP contribution in [0.15, 0.2) is 17.5 Å². The van der Waals surface area contributed by atoms with Gasteiger partial charge in [-0.15, -0.1) is 21.5 Å². The largest absolute Gasteiger partial charge is 0.331 e. The molecule has 1 unspecified atom stereocenters. The summed E-state index contributed by atoms with van der Waals surface area (Å²) in [7, 11) is 0. The number of thiazole rings is 1. The molecule has 0 aliphatic carbocycles. The van der Waals surface area contributed by atoms with Gasteiger partial charge in [-0.3, -0.25) is 4.79 Å². The first kappa shape index (κ1) is 19.6. The van der Waals surface area contributed by atoms with Crippen molar-refractivity contribution in [3.8, 4) is 0 Å². The van der Waals surface area contributed by atoms with E-state index in [0.717, 1.165) is 34.2 Å². The predicted molar refractivity (Wildman–Crippen MR) is 114 cm³/mol. The molecular formula is C19H21N7OS2. The van der Waals surface area contributed by atoms with Crippen molar-refractivity contribution >= 4 is 45.6 Å². The molecule has 1 amide bonds. The van der Waals surface area contributed by atoms with Crippen LogP contribution >= 0.6 is 22.7 Å². The molecule has 8 nitrogen and oxygen atoms in total. The van der Waals surface area contributed by atoms with Crippen LogP contribution in [0.1, 0.15) is 46.1 Å². The molecule has 1 N–H and O–H groups in total. The minimum atomic E-state index is -0.0669. The number of anilines is 2. The van der Waals surface area contributed by atoms with Gasteiger partial charge in [-0.1, -0.05) is 11.3 Å². The van der Waals surface area contributed by atoms with Crippen molar-refractivity contribution in [3.63, 3.8) is 0 Å². The van der Waals surface area contributed by atoms with E-state index in [-0.39, 0.29) is 11.9 Å². The minimum Gasteiger partial charge on any atom is -0.331 e. The van der Waals surface area contributed by atoms with Crippen molar-refractivity contribution in [2.75, 3.05) is 11.9 Å². The van der Waals surface area contributed by atoms with Gasteiger partial charge >= 0.3 is 0 Å². The lowest BCUT2D eigenvalue weighted by atomic mass is 10.1. The van der Waals surface area contributed by atoms with Crippen LogP contribution in [0, 0.1) is 20.8 Å². The number of hydrogen-bond acceptors (Lipinski definition) is 9. The second kappa shape index (κ2) is 8.34. The second-order valence-electron chi connectivity index (χ2n) is 6.79. The minimum absolute atomic E-state index is 0.0244. The van der Waals surface area contributed by atoms with E-state index in [9.17, 15) is 4.79 Å². The molecule has 4 heterocycles. The van der Waals surface area contributed by atoms with Gasteiger partial charge in [0.05, 0.1) is 22.4 Å². The van der Waals surface area contributed by atoms with Crippen LogP contribution in [-0.2, 0) is 4.79 Å². The van der Waals surface area contributed by atoms with Gasteiger partial charge in [0.2, 0.25) is 11.0 Å². The fourth-order valence-electron chi connectivity index (χ4n) is 3.33. The van der Waals surface area contributed by atoms with E-state index in [2.05, 4.69) is 30.5 Å². The van der Waals surface area contributed by atoms with Crippen LogP contribution in [0.2, 0.25) is 0 Å². The van der Waals surface area contributed by atoms with Crippen molar-refractivity contribution in [1.82, 2.24) is 30.0 Å². The zero-order chi connectivity index (χ0) is 20.4. The summed E-state index contributed by atoms with van der Waals surface area (Å²) in [5.41, 5.74) is 1.65. The van der Waals surface area contributed by atoms with Crippen LogP contribution < -0.4 is 5.32 Å². The van der Waals surface area contributed by atoms with Gasteiger partial charge in [0.25, 0.3) is 0 Å². The van der Waals surface area contributed by atoms with E-state index >= 15 is 0 Å².